The van der Waals surface area contributed by atoms with Gasteiger partial charge in [-0.2, -0.15) is 0 Å². The molecule has 1 fully saturated rings. The van der Waals surface area contributed by atoms with E-state index in [1.807, 2.05) is 17.8 Å². The normalized spacial score (nSPS) is 22.4. The zero-order chi connectivity index (χ0) is 16.6. The van der Waals surface area contributed by atoms with E-state index in [1.165, 1.54) is 21.7 Å². The average molecular weight is 354 g/mol. The van der Waals surface area contributed by atoms with Crippen LogP contribution in [0.25, 0.3) is 0 Å². The van der Waals surface area contributed by atoms with Gasteiger partial charge in [0.15, 0.2) is 11.5 Å². The molecule has 1 aromatic rings. The lowest BCUT2D eigenvalue weighted by Crippen LogP contribution is -2.47. The van der Waals surface area contributed by atoms with Gasteiger partial charge in [0.25, 0.3) is 0 Å². The lowest BCUT2D eigenvalue weighted by atomic mass is 10.2. The summed E-state index contributed by atoms with van der Waals surface area (Å²) in [5.41, 5.74) is 4.07. The van der Waals surface area contributed by atoms with Gasteiger partial charge in [-0.1, -0.05) is 12.1 Å². The van der Waals surface area contributed by atoms with Gasteiger partial charge < -0.3 is 14.4 Å². The van der Waals surface area contributed by atoms with E-state index in [1.54, 1.807) is 0 Å². The highest BCUT2D eigenvalue weighted by Gasteiger charge is 2.25. The molecule has 0 aromatic heterocycles. The number of anilines is 1. The van der Waals surface area contributed by atoms with E-state index < -0.39 is 0 Å². The highest BCUT2D eigenvalue weighted by Crippen LogP contribution is 2.40. The summed E-state index contributed by atoms with van der Waals surface area (Å²) in [6.45, 7) is 6.56. The Morgan fingerprint density at radius 2 is 1.88 bits per heavy atom. The van der Waals surface area contributed by atoms with Gasteiger partial charge in [0.2, 0.25) is 0 Å². The van der Waals surface area contributed by atoms with E-state index in [-0.39, 0.29) is 0 Å². The maximum Gasteiger partial charge on any atom is 0.184 e. The van der Waals surface area contributed by atoms with Crippen LogP contribution in [-0.2, 0) is 0 Å². The molecule has 5 rings (SSSR count). The highest BCUT2D eigenvalue weighted by atomic mass is 32.2. The van der Waals surface area contributed by atoms with Crippen molar-refractivity contribution >= 4 is 17.4 Å². The first-order chi connectivity index (χ1) is 12.4. The van der Waals surface area contributed by atoms with Crippen LogP contribution in [0.4, 0.5) is 5.69 Å². The molecule has 3 heterocycles. The fourth-order valence-electron chi connectivity index (χ4n) is 3.87. The Bertz CT molecular complexity index is 776. The molecule has 0 amide bonds. The van der Waals surface area contributed by atoms with Crippen LogP contribution >= 0.6 is 11.8 Å². The Labute approximate surface area is 152 Å². The number of ether oxygens (including phenoxy) is 2. The lowest BCUT2D eigenvalue weighted by molar-refractivity contribution is 0.171. The topological polar surface area (TPSA) is 24.9 Å². The maximum atomic E-state index is 5.88. The molecule has 1 aliphatic carbocycles. The minimum Gasteiger partial charge on any atom is -0.486 e. The fraction of sp³-hybridized carbons (Fsp3) is 0.400. The van der Waals surface area contributed by atoms with Crippen molar-refractivity contribution in [3.63, 3.8) is 0 Å². The maximum absolute atomic E-state index is 5.88. The van der Waals surface area contributed by atoms with E-state index >= 15 is 0 Å². The van der Waals surface area contributed by atoms with Crippen LogP contribution in [0.2, 0.25) is 0 Å². The van der Waals surface area contributed by atoms with Crippen molar-refractivity contribution in [2.24, 2.45) is 0 Å². The summed E-state index contributed by atoms with van der Waals surface area (Å²) in [7, 11) is 0. The number of fused-ring (bicyclic) bond motifs is 2. The van der Waals surface area contributed by atoms with Gasteiger partial charge in [0.05, 0.1) is 5.69 Å². The van der Waals surface area contributed by atoms with Gasteiger partial charge in [-0.05, 0) is 35.4 Å². The van der Waals surface area contributed by atoms with Crippen molar-refractivity contribution in [1.82, 2.24) is 4.90 Å². The zero-order valence-corrected chi connectivity index (χ0v) is 15.1. The average Bonchev–Trinajstić information content (AvgIpc) is 3.24. The van der Waals surface area contributed by atoms with Crippen molar-refractivity contribution in [3.8, 4) is 11.5 Å². The molecule has 0 saturated carbocycles. The van der Waals surface area contributed by atoms with Crippen LogP contribution in [0.15, 0.2) is 52.5 Å². The number of thioether (sulfide) groups is 1. The Morgan fingerprint density at radius 3 is 2.76 bits per heavy atom. The molecule has 4 nitrogen and oxygen atoms in total. The van der Waals surface area contributed by atoms with Crippen LogP contribution in [0.5, 0.6) is 11.5 Å². The van der Waals surface area contributed by atoms with E-state index in [0.29, 0.717) is 13.2 Å². The largest absolute Gasteiger partial charge is 0.486 e. The van der Waals surface area contributed by atoms with Gasteiger partial charge in [-0.15, -0.1) is 11.8 Å². The van der Waals surface area contributed by atoms with Gasteiger partial charge in [0.1, 0.15) is 13.2 Å². The highest BCUT2D eigenvalue weighted by molar-refractivity contribution is 8.03. The van der Waals surface area contributed by atoms with E-state index in [9.17, 15) is 0 Å². The van der Waals surface area contributed by atoms with Gasteiger partial charge >= 0.3 is 0 Å². The molecule has 1 aromatic carbocycles. The number of hydrogen-bond donors (Lipinski definition) is 0. The number of allylic oxidation sites excluding steroid dienone is 2. The number of nitrogens with zero attached hydrogens (tertiary/aromatic N) is 2. The number of hydrogen-bond acceptors (Lipinski definition) is 5. The molecular formula is C20H22N2O2S. The predicted octanol–water partition coefficient (Wildman–Crippen LogP) is 3.08. The van der Waals surface area contributed by atoms with Gasteiger partial charge in [0, 0.05) is 43.4 Å². The summed E-state index contributed by atoms with van der Waals surface area (Å²) < 4.78 is 11.6. The molecule has 130 valence electrons. The summed E-state index contributed by atoms with van der Waals surface area (Å²) >= 11 is 1.95. The fourth-order valence-corrected chi connectivity index (χ4v) is 4.86. The standard InChI is InChI=1S/C20H22N2O2S/c1-2-17(20-18(3-1)23-9-10-24-20)22-7-5-21(6-8-22)14-15-12-16-4-11-25-19(16)13-15/h1-4,12-13H,5-11,14H2. The third-order valence-electron chi connectivity index (χ3n) is 5.15. The number of benzene rings is 1. The van der Waals surface area contributed by atoms with Crippen LogP contribution in [-0.4, -0.2) is 56.6 Å². The molecular weight excluding hydrogens is 332 g/mol. The first-order valence-electron chi connectivity index (χ1n) is 8.98. The first-order valence-corrected chi connectivity index (χ1v) is 9.97. The molecule has 0 spiro atoms. The molecule has 0 atom stereocenters. The van der Waals surface area contributed by atoms with Crippen LogP contribution in [0, 0.1) is 0 Å². The molecule has 1 saturated heterocycles. The molecule has 4 aliphatic rings. The molecule has 5 heteroatoms. The smallest absolute Gasteiger partial charge is 0.184 e. The van der Waals surface area contributed by atoms with Crippen molar-refractivity contribution in [1.29, 1.82) is 0 Å². The van der Waals surface area contributed by atoms with E-state index in [2.05, 4.69) is 40.2 Å². The summed E-state index contributed by atoms with van der Waals surface area (Å²) in [6.07, 6.45) is 7.07. The van der Waals surface area contributed by atoms with Gasteiger partial charge in [-0.3, -0.25) is 4.90 Å². The third-order valence-corrected chi connectivity index (χ3v) is 6.15. The van der Waals surface area contributed by atoms with Crippen molar-refractivity contribution in [3.05, 3.63) is 52.5 Å². The molecule has 0 unspecified atom stereocenters. The third kappa shape index (κ3) is 2.96. The Balaban J connectivity index is 1.24. The summed E-state index contributed by atoms with van der Waals surface area (Å²) in [4.78, 5) is 6.44. The van der Waals surface area contributed by atoms with E-state index in [0.717, 1.165) is 50.0 Å². The zero-order valence-electron chi connectivity index (χ0n) is 14.2. The minimum absolute atomic E-state index is 0.640. The van der Waals surface area contributed by atoms with Crippen molar-refractivity contribution in [2.45, 2.75) is 0 Å². The molecule has 0 N–H and O–H groups in total. The van der Waals surface area contributed by atoms with Gasteiger partial charge in [-0.25, -0.2) is 0 Å². The van der Waals surface area contributed by atoms with Crippen molar-refractivity contribution in [2.75, 3.05) is 56.6 Å². The Kier molecular flexibility index (Phi) is 3.98. The number of piperazine rings is 1. The second-order valence-electron chi connectivity index (χ2n) is 6.76. The molecule has 0 bridgehead atoms. The quantitative estimate of drug-likeness (QED) is 0.831. The van der Waals surface area contributed by atoms with Crippen molar-refractivity contribution < 1.29 is 9.47 Å². The molecule has 3 aliphatic heterocycles. The SMILES string of the molecule is C1=C(CN2CCN(c3cccc4c3OCCO4)CC2)C=C2SCC=C12. The summed E-state index contributed by atoms with van der Waals surface area (Å²) in [6, 6.07) is 6.21. The summed E-state index contributed by atoms with van der Waals surface area (Å²) in [5.74, 6) is 2.94. The number of para-hydroxylation sites is 1. The molecule has 0 radical (unpaired) electrons. The van der Waals surface area contributed by atoms with Crippen LogP contribution < -0.4 is 14.4 Å². The monoisotopic (exact) mass is 354 g/mol. The Hall–Kier alpha value is -1.85. The van der Waals surface area contributed by atoms with E-state index in [4.69, 9.17) is 9.47 Å². The summed E-state index contributed by atoms with van der Waals surface area (Å²) in [5, 5.41) is 0. The second-order valence-corrected chi connectivity index (χ2v) is 7.82. The number of rotatable bonds is 3. The molecule has 25 heavy (non-hydrogen) atoms. The first kappa shape index (κ1) is 15.4. The second kappa shape index (κ2) is 6.46. The Morgan fingerprint density at radius 1 is 1.00 bits per heavy atom. The lowest BCUT2D eigenvalue weighted by Gasteiger charge is -2.37. The minimum atomic E-state index is 0.640. The predicted molar refractivity (Wildman–Crippen MR) is 103 cm³/mol. The van der Waals surface area contributed by atoms with Crippen LogP contribution in [0.1, 0.15) is 0 Å². The van der Waals surface area contributed by atoms with Crippen LogP contribution in [0.3, 0.4) is 0 Å².